The maximum Gasteiger partial charge on any atom is 0.303 e. The predicted octanol–water partition coefficient (Wildman–Crippen LogP) is 7.33. The predicted molar refractivity (Wildman–Crippen MR) is 160 cm³/mol. The average Bonchev–Trinajstić information content (AvgIpc) is 3.28. The Hall–Kier alpha value is -4.13. The van der Waals surface area contributed by atoms with Gasteiger partial charge < -0.3 is 19.9 Å². The zero-order chi connectivity index (χ0) is 28.3. The van der Waals surface area contributed by atoms with Gasteiger partial charge in [-0.2, -0.15) is 0 Å². The van der Waals surface area contributed by atoms with Gasteiger partial charge in [0, 0.05) is 37.1 Å². The summed E-state index contributed by atoms with van der Waals surface area (Å²) in [6, 6.07) is 24.2. The number of unbranched alkanes of at least 4 members (excludes halogenated alkanes) is 1. The molecule has 0 saturated carbocycles. The molecule has 7 heteroatoms. The number of aromatic nitrogens is 2. The molecule has 1 aliphatic heterocycles. The van der Waals surface area contributed by atoms with Gasteiger partial charge in [0.05, 0.1) is 16.7 Å². The van der Waals surface area contributed by atoms with Crippen LogP contribution in [-0.2, 0) is 20.7 Å². The minimum absolute atomic E-state index is 0.107. The van der Waals surface area contributed by atoms with Gasteiger partial charge in [-0.05, 0) is 60.6 Å². The second-order valence-corrected chi connectivity index (χ2v) is 11.7. The monoisotopic (exact) mass is 538 g/mol. The number of anilines is 3. The number of H-pyrrole nitrogens is 1. The normalized spacial score (nSPS) is 17.4. The van der Waals surface area contributed by atoms with Crippen LogP contribution in [-0.4, -0.2) is 28.4 Å². The highest BCUT2D eigenvalue weighted by molar-refractivity contribution is 5.97. The molecule has 1 aromatic heterocycles. The number of amides is 1. The maximum absolute atomic E-state index is 13.9. The third-order valence-electron chi connectivity index (χ3n) is 7.65. The Morgan fingerprint density at radius 3 is 2.48 bits per heavy atom. The minimum Gasteiger partial charge on any atom is -0.458 e. The molecule has 4 aromatic rings. The molecule has 0 saturated heterocycles. The van der Waals surface area contributed by atoms with E-state index in [1.807, 2.05) is 53.4 Å². The highest BCUT2D eigenvalue weighted by atomic mass is 16.5. The number of carbonyl (C=O) groups excluding carboxylic acids is 2. The molecule has 0 fully saturated rings. The van der Waals surface area contributed by atoms with E-state index in [1.54, 1.807) is 0 Å². The summed E-state index contributed by atoms with van der Waals surface area (Å²) in [5.74, 6) is 0.250. The summed E-state index contributed by atoms with van der Waals surface area (Å²) in [4.78, 5) is 35.6. The number of benzene rings is 3. The van der Waals surface area contributed by atoms with Gasteiger partial charge in [0.15, 0.2) is 0 Å². The summed E-state index contributed by atoms with van der Waals surface area (Å²) in [5.41, 5.74) is 5.67. The average molecular weight is 539 g/mol. The van der Waals surface area contributed by atoms with Crippen LogP contribution in [0.4, 0.5) is 17.3 Å². The molecule has 5 rings (SSSR count). The molecule has 2 atom stereocenters. The Morgan fingerprint density at radius 1 is 1.02 bits per heavy atom. The summed E-state index contributed by atoms with van der Waals surface area (Å²) in [7, 11) is 0. The Labute approximate surface area is 236 Å². The first-order chi connectivity index (χ1) is 19.2. The van der Waals surface area contributed by atoms with Crippen LogP contribution >= 0.6 is 0 Å². The zero-order valence-electron chi connectivity index (χ0n) is 23.7. The fourth-order valence-electron chi connectivity index (χ4n) is 5.52. The van der Waals surface area contributed by atoms with Crippen molar-refractivity contribution in [3.05, 3.63) is 83.9 Å². The van der Waals surface area contributed by atoms with Gasteiger partial charge in [-0.1, -0.05) is 63.2 Å². The van der Waals surface area contributed by atoms with Crippen LogP contribution < -0.4 is 10.2 Å². The number of ether oxygens (including phenoxy) is 1. The Bertz CT molecular complexity index is 1450. The van der Waals surface area contributed by atoms with Crippen molar-refractivity contribution in [1.82, 2.24) is 9.97 Å². The van der Waals surface area contributed by atoms with Crippen LogP contribution in [0.3, 0.4) is 0 Å². The fraction of sp³-hybridized carbons (Fsp3) is 0.364. The molecule has 0 radical (unpaired) electrons. The summed E-state index contributed by atoms with van der Waals surface area (Å²) in [6.45, 7) is 8.31. The first-order valence-corrected chi connectivity index (χ1v) is 14.1. The van der Waals surface area contributed by atoms with Crippen molar-refractivity contribution in [2.24, 2.45) is 11.3 Å². The number of imidazole rings is 1. The van der Waals surface area contributed by atoms with E-state index >= 15 is 0 Å². The number of esters is 1. The lowest BCUT2D eigenvalue weighted by Crippen LogP contribution is -2.41. The number of carbonyl (C=O) groups is 2. The minimum atomic E-state index is -0.432. The quantitative estimate of drug-likeness (QED) is 0.181. The SMILES string of the molecule is CC(=O)OC1CC(C(C)(C)C)C(=O)N(CCCCc2ccc(Nc3nc4ccccc4[nH]3)cc2)c2ccccc21. The number of aryl methyl sites for hydroxylation is 1. The number of hydrogen-bond acceptors (Lipinski definition) is 5. The Kier molecular flexibility index (Phi) is 7.92. The summed E-state index contributed by atoms with van der Waals surface area (Å²) in [5, 5.41) is 3.34. The second-order valence-electron chi connectivity index (χ2n) is 11.7. The number of para-hydroxylation sites is 3. The number of nitrogens with one attached hydrogen (secondary N) is 2. The van der Waals surface area contributed by atoms with Gasteiger partial charge in [-0.15, -0.1) is 0 Å². The summed E-state index contributed by atoms with van der Waals surface area (Å²) in [6.07, 6.45) is 2.81. The first-order valence-electron chi connectivity index (χ1n) is 14.1. The molecule has 2 N–H and O–H groups in total. The van der Waals surface area contributed by atoms with E-state index in [0.717, 1.165) is 53.2 Å². The van der Waals surface area contributed by atoms with Crippen molar-refractivity contribution in [2.45, 2.75) is 59.5 Å². The van der Waals surface area contributed by atoms with Crippen LogP contribution in [0.1, 0.15) is 64.2 Å². The maximum atomic E-state index is 13.9. The molecular formula is C33H38N4O3. The molecule has 2 heterocycles. The van der Waals surface area contributed by atoms with E-state index in [4.69, 9.17) is 4.74 Å². The van der Waals surface area contributed by atoms with Crippen LogP contribution in [0.2, 0.25) is 0 Å². The van der Waals surface area contributed by atoms with Crippen molar-refractivity contribution in [3.8, 4) is 0 Å². The Morgan fingerprint density at radius 2 is 1.75 bits per heavy atom. The number of rotatable bonds is 8. The molecule has 0 bridgehead atoms. The van der Waals surface area contributed by atoms with Crippen molar-refractivity contribution in [3.63, 3.8) is 0 Å². The lowest BCUT2D eigenvalue weighted by molar-refractivity contribution is -0.149. The molecule has 2 unspecified atom stereocenters. The van der Waals surface area contributed by atoms with Gasteiger partial charge in [-0.3, -0.25) is 9.59 Å². The third kappa shape index (κ3) is 6.19. The van der Waals surface area contributed by atoms with E-state index < -0.39 is 6.10 Å². The largest absolute Gasteiger partial charge is 0.458 e. The molecule has 1 amide bonds. The lowest BCUT2D eigenvalue weighted by Gasteiger charge is -2.33. The van der Waals surface area contributed by atoms with Gasteiger partial charge in [0.1, 0.15) is 6.10 Å². The number of hydrogen-bond donors (Lipinski definition) is 2. The summed E-state index contributed by atoms with van der Waals surface area (Å²) < 4.78 is 5.74. The van der Waals surface area contributed by atoms with E-state index in [-0.39, 0.29) is 23.2 Å². The smallest absolute Gasteiger partial charge is 0.303 e. The first kappa shape index (κ1) is 27.4. The third-order valence-corrected chi connectivity index (χ3v) is 7.65. The van der Waals surface area contributed by atoms with Crippen LogP contribution in [0.5, 0.6) is 0 Å². The van der Waals surface area contributed by atoms with Gasteiger partial charge in [-0.25, -0.2) is 4.98 Å². The van der Waals surface area contributed by atoms with Crippen molar-refractivity contribution in [2.75, 3.05) is 16.8 Å². The number of fused-ring (bicyclic) bond motifs is 2. The van der Waals surface area contributed by atoms with Crippen LogP contribution in [0.25, 0.3) is 11.0 Å². The molecule has 0 aliphatic carbocycles. The van der Waals surface area contributed by atoms with Gasteiger partial charge in [0.2, 0.25) is 11.9 Å². The van der Waals surface area contributed by atoms with E-state index in [2.05, 4.69) is 60.3 Å². The molecule has 7 nitrogen and oxygen atoms in total. The molecule has 0 spiro atoms. The highest BCUT2D eigenvalue weighted by Crippen LogP contribution is 2.43. The molecular weight excluding hydrogens is 500 g/mol. The van der Waals surface area contributed by atoms with E-state index in [1.165, 1.54) is 12.5 Å². The molecule has 1 aliphatic rings. The topological polar surface area (TPSA) is 87.3 Å². The summed E-state index contributed by atoms with van der Waals surface area (Å²) >= 11 is 0. The fourth-order valence-corrected chi connectivity index (χ4v) is 5.52. The van der Waals surface area contributed by atoms with Crippen LogP contribution in [0.15, 0.2) is 72.8 Å². The zero-order valence-corrected chi connectivity index (χ0v) is 23.7. The number of nitrogens with zero attached hydrogens (tertiary/aromatic N) is 2. The van der Waals surface area contributed by atoms with Crippen molar-refractivity contribution in [1.29, 1.82) is 0 Å². The standard InChI is InChI=1S/C33H38N4O3/c1-22(38)40-30-21-26(33(2,3)4)31(39)37(29-15-8-5-12-25(29)30)20-10-9-11-23-16-18-24(19-17-23)34-32-35-27-13-6-7-14-28(27)36-32/h5-8,12-19,26,30H,9-11,20-21H2,1-4H3,(H2,34,35,36). The molecule has 208 valence electrons. The second kappa shape index (κ2) is 11.5. The van der Waals surface area contributed by atoms with E-state index in [9.17, 15) is 9.59 Å². The van der Waals surface area contributed by atoms with Crippen molar-refractivity contribution < 1.29 is 14.3 Å². The molecule has 40 heavy (non-hydrogen) atoms. The molecule has 3 aromatic carbocycles. The Balaban J connectivity index is 1.23. The van der Waals surface area contributed by atoms with Gasteiger partial charge in [0.25, 0.3) is 0 Å². The highest BCUT2D eigenvalue weighted by Gasteiger charge is 2.41. The van der Waals surface area contributed by atoms with Gasteiger partial charge >= 0.3 is 5.97 Å². The lowest BCUT2D eigenvalue weighted by atomic mass is 9.76. The van der Waals surface area contributed by atoms with Crippen molar-refractivity contribution >= 4 is 40.2 Å². The van der Waals surface area contributed by atoms with Crippen LogP contribution in [0, 0.1) is 11.3 Å². The number of aromatic amines is 1. The van der Waals surface area contributed by atoms with E-state index in [0.29, 0.717) is 13.0 Å².